The van der Waals surface area contributed by atoms with Gasteiger partial charge in [0.2, 0.25) is 5.91 Å². The maximum Gasteiger partial charge on any atom is 0.272 e. The van der Waals surface area contributed by atoms with Crippen molar-refractivity contribution in [3.05, 3.63) is 29.6 Å². The van der Waals surface area contributed by atoms with E-state index in [0.29, 0.717) is 12.1 Å². The normalized spacial score (nSPS) is 9.35. The highest BCUT2D eigenvalue weighted by molar-refractivity contribution is 5.94. The number of hydrogen-bond donors (Lipinski definition) is 2. The summed E-state index contributed by atoms with van der Waals surface area (Å²) in [6, 6.07) is 3.28. The SMILES string of the molecule is CCNC(=O)CN(C)C(=O)c1ccc(C#CCN)cn1. The van der Waals surface area contributed by atoms with Crippen LogP contribution in [-0.2, 0) is 4.79 Å². The molecular weight excluding hydrogens is 256 g/mol. The fourth-order valence-electron chi connectivity index (χ4n) is 1.48. The Bertz CT molecular complexity index is 528. The van der Waals surface area contributed by atoms with Crippen molar-refractivity contribution in [2.45, 2.75) is 6.92 Å². The van der Waals surface area contributed by atoms with Crippen LogP contribution in [0.5, 0.6) is 0 Å². The molecule has 2 amide bonds. The predicted octanol–water partition coefficient (Wildman–Crippen LogP) is -0.400. The quantitative estimate of drug-likeness (QED) is 0.731. The van der Waals surface area contributed by atoms with Crippen molar-refractivity contribution in [2.24, 2.45) is 5.73 Å². The van der Waals surface area contributed by atoms with Gasteiger partial charge in [0.25, 0.3) is 5.91 Å². The third kappa shape index (κ3) is 4.71. The Morgan fingerprint density at radius 1 is 1.45 bits per heavy atom. The smallest absolute Gasteiger partial charge is 0.272 e. The average Bonchev–Trinajstić information content (AvgIpc) is 2.45. The molecule has 0 aliphatic heterocycles. The summed E-state index contributed by atoms with van der Waals surface area (Å²) in [6.45, 7) is 2.63. The minimum absolute atomic E-state index is 0.00306. The van der Waals surface area contributed by atoms with Crippen LogP contribution in [0.4, 0.5) is 0 Å². The summed E-state index contributed by atoms with van der Waals surface area (Å²) in [5, 5.41) is 2.63. The van der Waals surface area contributed by atoms with Crippen LogP contribution in [0.25, 0.3) is 0 Å². The molecule has 0 aliphatic carbocycles. The lowest BCUT2D eigenvalue weighted by molar-refractivity contribution is -0.121. The molecule has 0 aliphatic rings. The van der Waals surface area contributed by atoms with Crippen molar-refractivity contribution in [2.75, 3.05) is 26.7 Å². The van der Waals surface area contributed by atoms with Crippen LogP contribution in [0.1, 0.15) is 23.0 Å². The van der Waals surface area contributed by atoms with Crippen LogP contribution in [-0.4, -0.2) is 48.4 Å². The Hall–Kier alpha value is -2.39. The summed E-state index contributed by atoms with van der Waals surface area (Å²) < 4.78 is 0. The first-order valence-corrected chi connectivity index (χ1v) is 6.25. The molecule has 1 heterocycles. The van der Waals surface area contributed by atoms with Crippen LogP contribution >= 0.6 is 0 Å². The van der Waals surface area contributed by atoms with Crippen LogP contribution in [0.3, 0.4) is 0 Å². The molecule has 0 aromatic carbocycles. The molecule has 6 heteroatoms. The number of aromatic nitrogens is 1. The van der Waals surface area contributed by atoms with Gasteiger partial charge in [-0.15, -0.1) is 0 Å². The maximum atomic E-state index is 12.0. The lowest BCUT2D eigenvalue weighted by atomic mass is 10.2. The van der Waals surface area contributed by atoms with Crippen molar-refractivity contribution < 1.29 is 9.59 Å². The Morgan fingerprint density at radius 2 is 2.20 bits per heavy atom. The second-order valence-electron chi connectivity index (χ2n) is 4.05. The fourth-order valence-corrected chi connectivity index (χ4v) is 1.48. The van der Waals surface area contributed by atoms with Crippen molar-refractivity contribution >= 4 is 11.8 Å². The Balaban J connectivity index is 2.69. The van der Waals surface area contributed by atoms with Crippen LogP contribution in [0.15, 0.2) is 18.3 Å². The monoisotopic (exact) mass is 274 g/mol. The van der Waals surface area contributed by atoms with Crippen LogP contribution in [0.2, 0.25) is 0 Å². The first-order chi connectivity index (χ1) is 9.58. The van der Waals surface area contributed by atoms with Gasteiger partial charge in [-0.05, 0) is 19.1 Å². The average molecular weight is 274 g/mol. The van der Waals surface area contributed by atoms with E-state index in [1.807, 2.05) is 6.92 Å². The Labute approximate surface area is 118 Å². The second-order valence-corrected chi connectivity index (χ2v) is 4.05. The van der Waals surface area contributed by atoms with Crippen molar-refractivity contribution in [1.82, 2.24) is 15.2 Å². The van der Waals surface area contributed by atoms with Gasteiger partial charge in [0.1, 0.15) is 5.69 Å². The summed E-state index contributed by atoms with van der Waals surface area (Å²) in [4.78, 5) is 28.8. The summed E-state index contributed by atoms with van der Waals surface area (Å²) in [7, 11) is 1.56. The molecule has 20 heavy (non-hydrogen) atoms. The number of nitrogens with two attached hydrogens (primary N) is 1. The molecule has 0 saturated carbocycles. The van der Waals surface area contributed by atoms with E-state index in [-0.39, 0.29) is 30.6 Å². The Kier molecular flexibility index (Phi) is 6.20. The summed E-state index contributed by atoms with van der Waals surface area (Å²) in [5.74, 6) is 5.02. The molecule has 106 valence electrons. The number of carbonyl (C=O) groups excluding carboxylic acids is 2. The van der Waals surface area contributed by atoms with Gasteiger partial charge in [-0.3, -0.25) is 9.59 Å². The molecule has 0 bridgehead atoms. The summed E-state index contributed by atoms with van der Waals surface area (Å²) in [6.07, 6.45) is 1.51. The first kappa shape index (κ1) is 15.7. The molecule has 6 nitrogen and oxygen atoms in total. The van der Waals surface area contributed by atoms with E-state index in [1.165, 1.54) is 11.1 Å². The number of nitrogens with zero attached hydrogens (tertiary/aromatic N) is 2. The van der Waals surface area contributed by atoms with E-state index >= 15 is 0 Å². The molecule has 0 spiro atoms. The molecular formula is C14H18N4O2. The van der Waals surface area contributed by atoms with Gasteiger partial charge in [-0.25, -0.2) is 4.98 Å². The van der Waals surface area contributed by atoms with Gasteiger partial charge in [0.15, 0.2) is 0 Å². The minimum atomic E-state index is -0.311. The van der Waals surface area contributed by atoms with E-state index in [4.69, 9.17) is 5.73 Å². The number of carbonyl (C=O) groups is 2. The van der Waals surface area contributed by atoms with Gasteiger partial charge >= 0.3 is 0 Å². The summed E-state index contributed by atoms with van der Waals surface area (Å²) >= 11 is 0. The molecule has 1 aromatic rings. The van der Waals surface area contributed by atoms with E-state index in [9.17, 15) is 9.59 Å². The number of amides is 2. The summed E-state index contributed by atoms with van der Waals surface area (Å²) in [5.41, 5.74) is 6.24. The zero-order valence-electron chi connectivity index (χ0n) is 11.6. The standard InChI is InChI=1S/C14H18N4O2/c1-3-16-13(19)10-18(2)14(20)12-7-6-11(9-17-12)5-4-8-15/h6-7,9H,3,8,10,15H2,1-2H3,(H,16,19). The van der Waals surface area contributed by atoms with E-state index < -0.39 is 0 Å². The third-order valence-electron chi connectivity index (χ3n) is 2.42. The van der Waals surface area contributed by atoms with Gasteiger partial charge in [0, 0.05) is 25.4 Å². The highest BCUT2D eigenvalue weighted by Gasteiger charge is 2.15. The second kappa shape index (κ2) is 7.92. The van der Waals surface area contributed by atoms with Crippen molar-refractivity contribution in [1.29, 1.82) is 0 Å². The third-order valence-corrected chi connectivity index (χ3v) is 2.42. The van der Waals surface area contributed by atoms with E-state index in [1.54, 1.807) is 19.2 Å². The highest BCUT2D eigenvalue weighted by atomic mass is 16.2. The minimum Gasteiger partial charge on any atom is -0.355 e. The van der Waals surface area contributed by atoms with Crippen LogP contribution in [0, 0.1) is 11.8 Å². The molecule has 1 rings (SSSR count). The van der Waals surface area contributed by atoms with Gasteiger partial charge in [-0.1, -0.05) is 11.8 Å². The number of likely N-dealkylation sites (N-methyl/N-ethyl adjacent to an activating group) is 2. The van der Waals surface area contributed by atoms with Crippen molar-refractivity contribution in [3.63, 3.8) is 0 Å². The van der Waals surface area contributed by atoms with Crippen molar-refractivity contribution in [3.8, 4) is 11.8 Å². The molecule has 0 radical (unpaired) electrons. The van der Waals surface area contributed by atoms with E-state index in [2.05, 4.69) is 22.1 Å². The number of hydrogen-bond acceptors (Lipinski definition) is 4. The molecule has 0 unspecified atom stereocenters. The molecule has 1 aromatic heterocycles. The Morgan fingerprint density at radius 3 is 2.75 bits per heavy atom. The lowest BCUT2D eigenvalue weighted by Gasteiger charge is -2.15. The number of rotatable bonds is 4. The molecule has 3 N–H and O–H groups in total. The molecule has 0 saturated heterocycles. The van der Waals surface area contributed by atoms with Gasteiger partial charge < -0.3 is 16.0 Å². The lowest BCUT2D eigenvalue weighted by Crippen LogP contribution is -2.38. The molecule has 0 fully saturated rings. The first-order valence-electron chi connectivity index (χ1n) is 6.25. The zero-order valence-corrected chi connectivity index (χ0v) is 11.6. The highest BCUT2D eigenvalue weighted by Crippen LogP contribution is 2.02. The molecule has 0 atom stereocenters. The number of pyridine rings is 1. The zero-order chi connectivity index (χ0) is 15.0. The number of nitrogens with one attached hydrogen (secondary N) is 1. The largest absolute Gasteiger partial charge is 0.355 e. The maximum absolute atomic E-state index is 12.0. The topological polar surface area (TPSA) is 88.3 Å². The fraction of sp³-hybridized carbons (Fsp3) is 0.357. The van der Waals surface area contributed by atoms with Gasteiger partial charge in [0.05, 0.1) is 13.1 Å². The van der Waals surface area contributed by atoms with Crippen LogP contribution < -0.4 is 11.1 Å². The van der Waals surface area contributed by atoms with Gasteiger partial charge in [-0.2, -0.15) is 0 Å². The van der Waals surface area contributed by atoms with E-state index in [0.717, 1.165) is 0 Å². The predicted molar refractivity (Wildman–Crippen MR) is 75.8 cm³/mol.